The number of rotatable bonds is 9. The van der Waals surface area contributed by atoms with Crippen molar-refractivity contribution in [3.63, 3.8) is 0 Å². The van der Waals surface area contributed by atoms with Gasteiger partial charge in [0.1, 0.15) is 24.2 Å². The van der Waals surface area contributed by atoms with Crippen LogP contribution in [-0.4, -0.2) is 25.9 Å². The number of aliphatic carboxylic acids is 1. The number of carboxylic acids is 1. The molecule has 3 aromatic carbocycles. The highest BCUT2D eigenvalue weighted by Crippen LogP contribution is 2.28. The molecule has 2 unspecified atom stereocenters. The van der Waals surface area contributed by atoms with E-state index in [0.29, 0.717) is 17.0 Å². The van der Waals surface area contributed by atoms with Crippen LogP contribution >= 0.6 is 0 Å². The Morgan fingerprint density at radius 1 is 1.00 bits per heavy atom. The van der Waals surface area contributed by atoms with E-state index in [2.05, 4.69) is 0 Å². The lowest BCUT2D eigenvalue weighted by molar-refractivity contribution is -0.139. The van der Waals surface area contributed by atoms with E-state index in [1.165, 1.54) is 6.07 Å². The molecule has 0 aliphatic carbocycles. The molecular weight excluding hydrogens is 433 g/mol. The van der Waals surface area contributed by atoms with Gasteiger partial charge in [-0.2, -0.15) is 0 Å². The van der Waals surface area contributed by atoms with Gasteiger partial charge in [-0.3, -0.25) is 8.86 Å². The maximum atomic E-state index is 13.7. The maximum absolute atomic E-state index is 13.7. The molecule has 0 heterocycles. The second-order valence-electron chi connectivity index (χ2n) is 7.53. The number of benzene rings is 3. The molecule has 2 N–H and O–H groups in total. The molecule has 6 nitrogen and oxygen atoms in total. The van der Waals surface area contributed by atoms with E-state index < -0.39 is 23.3 Å². The Labute approximate surface area is 188 Å². The second kappa shape index (κ2) is 10.4. The fourth-order valence-electron chi connectivity index (χ4n) is 3.33. The lowest BCUT2D eigenvalue weighted by Crippen LogP contribution is -2.45. The quantitative estimate of drug-likeness (QED) is 0.435. The zero-order valence-corrected chi connectivity index (χ0v) is 18.5. The van der Waals surface area contributed by atoms with E-state index in [1.54, 1.807) is 68.4 Å². The number of halogens is 1. The van der Waals surface area contributed by atoms with Gasteiger partial charge in [-0.15, -0.1) is 0 Å². The summed E-state index contributed by atoms with van der Waals surface area (Å²) in [5.41, 5.74) is 2.53. The predicted molar refractivity (Wildman–Crippen MR) is 122 cm³/mol. The topological polar surface area (TPSA) is 87.1 Å². The number of carbonyl (C=O) groups is 1. The van der Waals surface area contributed by atoms with E-state index in [-0.39, 0.29) is 18.3 Å². The van der Waals surface area contributed by atoms with Gasteiger partial charge in [0.05, 0.1) is 5.69 Å². The predicted octanol–water partition coefficient (Wildman–Crippen LogP) is 5.12. The molecule has 0 saturated carbocycles. The van der Waals surface area contributed by atoms with Crippen molar-refractivity contribution in [2.45, 2.75) is 26.5 Å². The van der Waals surface area contributed by atoms with E-state index >= 15 is 0 Å². The number of nitrogens with zero attached hydrogens (tertiary/aromatic N) is 1. The van der Waals surface area contributed by atoms with Crippen molar-refractivity contribution in [2.24, 2.45) is 5.92 Å². The largest absolute Gasteiger partial charge is 0.489 e. The average molecular weight is 458 g/mol. The molecule has 168 valence electrons. The molecule has 0 aliphatic rings. The normalized spacial score (nSPS) is 12.9. The Balaban J connectivity index is 1.74. The van der Waals surface area contributed by atoms with Crippen LogP contribution < -0.4 is 9.04 Å². The van der Waals surface area contributed by atoms with Gasteiger partial charge in [-0.25, -0.2) is 13.4 Å². The van der Waals surface area contributed by atoms with Crippen LogP contribution in [0.25, 0.3) is 11.1 Å². The van der Waals surface area contributed by atoms with Crippen molar-refractivity contribution in [2.75, 3.05) is 4.31 Å². The molecule has 3 rings (SSSR count). The van der Waals surface area contributed by atoms with Gasteiger partial charge in [0.15, 0.2) is 0 Å². The second-order valence-corrected chi connectivity index (χ2v) is 8.39. The minimum absolute atomic E-state index is 0.120. The summed E-state index contributed by atoms with van der Waals surface area (Å²) in [6, 6.07) is 19.3. The van der Waals surface area contributed by atoms with Gasteiger partial charge in [-0.1, -0.05) is 56.3 Å². The Morgan fingerprint density at radius 2 is 1.56 bits per heavy atom. The molecule has 0 saturated heterocycles. The third kappa shape index (κ3) is 5.52. The summed E-state index contributed by atoms with van der Waals surface area (Å²) in [5.74, 6) is -1.26. The molecule has 0 bridgehead atoms. The summed E-state index contributed by atoms with van der Waals surface area (Å²) in [6.45, 7) is 3.49. The lowest BCUT2D eigenvalue weighted by Gasteiger charge is -2.29. The van der Waals surface area contributed by atoms with Crippen molar-refractivity contribution in [1.82, 2.24) is 0 Å². The molecule has 0 radical (unpaired) electrons. The highest BCUT2D eigenvalue weighted by atomic mass is 32.2. The van der Waals surface area contributed by atoms with Crippen LogP contribution in [0.4, 0.5) is 10.1 Å². The zero-order valence-electron chi connectivity index (χ0n) is 17.6. The molecule has 3 aromatic rings. The van der Waals surface area contributed by atoms with E-state index in [9.17, 15) is 23.1 Å². The van der Waals surface area contributed by atoms with Crippen LogP contribution in [0.3, 0.4) is 0 Å². The fraction of sp³-hybridized carbons (Fsp3) is 0.208. The number of hydrogen-bond acceptors (Lipinski definition) is 3. The van der Waals surface area contributed by atoms with Gasteiger partial charge < -0.3 is 9.84 Å². The van der Waals surface area contributed by atoms with Crippen LogP contribution in [0, 0.1) is 11.7 Å². The standard InChI is InChI=1S/C24H24FNO5S/c1-16(2)23(24(27)28)26(32(29)30)20-11-7-17(8-12-20)18-9-13-21(14-10-18)31-15-19-5-3-4-6-22(19)25/h3-14,16,23H,15H2,1-2H3,(H,27,28)(H,29,30). The summed E-state index contributed by atoms with van der Waals surface area (Å²) in [5, 5.41) is 9.49. The van der Waals surface area contributed by atoms with E-state index in [4.69, 9.17) is 4.74 Å². The maximum Gasteiger partial charge on any atom is 0.327 e. The van der Waals surface area contributed by atoms with E-state index in [1.807, 2.05) is 12.1 Å². The first-order chi connectivity index (χ1) is 15.3. The summed E-state index contributed by atoms with van der Waals surface area (Å²) in [7, 11) is 0. The van der Waals surface area contributed by atoms with Crippen LogP contribution in [0.5, 0.6) is 5.75 Å². The van der Waals surface area contributed by atoms with Crippen LogP contribution in [0.15, 0.2) is 72.8 Å². The van der Waals surface area contributed by atoms with Gasteiger partial charge in [0.2, 0.25) is 0 Å². The number of anilines is 1. The van der Waals surface area contributed by atoms with Crippen molar-refractivity contribution in [1.29, 1.82) is 0 Å². The average Bonchev–Trinajstić information content (AvgIpc) is 2.76. The van der Waals surface area contributed by atoms with Crippen molar-refractivity contribution in [3.05, 3.63) is 84.2 Å². The highest BCUT2D eigenvalue weighted by Gasteiger charge is 2.32. The number of carboxylic acid groups (broad SMARTS) is 1. The molecule has 0 aliphatic heterocycles. The molecule has 0 amide bonds. The van der Waals surface area contributed by atoms with Crippen LogP contribution in [0.1, 0.15) is 19.4 Å². The fourth-order valence-corrected chi connectivity index (χ4v) is 4.16. The monoisotopic (exact) mass is 457 g/mol. The summed E-state index contributed by atoms with van der Waals surface area (Å²) in [4.78, 5) is 11.6. The van der Waals surface area contributed by atoms with Crippen molar-refractivity contribution >= 4 is 22.9 Å². The third-order valence-electron chi connectivity index (χ3n) is 4.97. The molecule has 0 spiro atoms. The number of hydrogen-bond donors (Lipinski definition) is 2. The first-order valence-electron chi connectivity index (χ1n) is 9.97. The minimum Gasteiger partial charge on any atom is -0.489 e. The summed E-state index contributed by atoms with van der Waals surface area (Å²) >= 11 is -2.49. The first kappa shape index (κ1) is 23.4. The van der Waals surface area contributed by atoms with Gasteiger partial charge in [-0.05, 0) is 47.4 Å². The highest BCUT2D eigenvalue weighted by molar-refractivity contribution is 7.80. The SMILES string of the molecule is CC(C)C(C(=O)O)N(c1ccc(-c2ccc(OCc3ccccc3F)cc2)cc1)S(=O)O. The first-order valence-corrected chi connectivity index (χ1v) is 11.0. The molecule has 8 heteroatoms. The Bertz CT molecular complexity index is 1090. The van der Waals surface area contributed by atoms with Crippen molar-refractivity contribution < 1.29 is 27.8 Å². The Kier molecular flexibility index (Phi) is 7.61. The summed E-state index contributed by atoms with van der Waals surface area (Å²) in [6.07, 6.45) is 0. The van der Waals surface area contributed by atoms with Gasteiger partial charge in [0.25, 0.3) is 11.3 Å². The molecule has 2 atom stereocenters. The lowest BCUT2D eigenvalue weighted by atomic mass is 10.0. The summed E-state index contributed by atoms with van der Waals surface area (Å²) < 4.78 is 41.9. The molecule has 0 aromatic heterocycles. The third-order valence-corrected chi connectivity index (χ3v) is 5.74. The smallest absolute Gasteiger partial charge is 0.327 e. The molecular formula is C24H24FNO5S. The van der Waals surface area contributed by atoms with Gasteiger partial charge in [0, 0.05) is 5.56 Å². The van der Waals surface area contributed by atoms with Crippen molar-refractivity contribution in [3.8, 4) is 16.9 Å². The Hall–Kier alpha value is -3.23. The minimum atomic E-state index is -2.49. The van der Waals surface area contributed by atoms with E-state index in [0.717, 1.165) is 15.4 Å². The van der Waals surface area contributed by atoms with Crippen LogP contribution in [-0.2, 0) is 22.7 Å². The van der Waals surface area contributed by atoms with Crippen LogP contribution in [0.2, 0.25) is 0 Å². The number of ether oxygens (including phenoxy) is 1. The van der Waals surface area contributed by atoms with Gasteiger partial charge >= 0.3 is 5.97 Å². The zero-order chi connectivity index (χ0) is 23.3. The Morgan fingerprint density at radius 3 is 2.06 bits per heavy atom. The molecule has 32 heavy (non-hydrogen) atoms. The molecule has 0 fully saturated rings.